The lowest BCUT2D eigenvalue weighted by molar-refractivity contribution is -0.132. The van der Waals surface area contributed by atoms with Crippen LogP contribution in [0.3, 0.4) is 0 Å². The minimum absolute atomic E-state index is 0.105. The second-order valence-electron chi connectivity index (χ2n) is 1.59. The Morgan fingerprint density at radius 2 is 2.22 bits per heavy atom. The molecule has 0 aromatic rings. The predicted molar refractivity (Wildman–Crippen MR) is 33.1 cm³/mol. The van der Waals surface area contributed by atoms with Gasteiger partial charge < -0.3 is 10.2 Å². The summed E-state index contributed by atoms with van der Waals surface area (Å²) < 4.78 is 0. The molecule has 2 N–H and O–H groups in total. The number of hydrogen-bond acceptors (Lipinski definition) is 2. The number of hydrogen-bond donors (Lipinski definition) is 2. The van der Waals surface area contributed by atoms with Crippen LogP contribution in [0.25, 0.3) is 0 Å². The monoisotopic (exact) mass is 130 g/mol. The fraction of sp³-hybridized carbons (Fsp3) is 0.500. The molecule has 0 fully saturated rings. The summed E-state index contributed by atoms with van der Waals surface area (Å²) in [6.07, 6.45) is 1.71. The van der Waals surface area contributed by atoms with Gasteiger partial charge in [-0.15, -0.1) is 0 Å². The fourth-order valence-electron chi connectivity index (χ4n) is 0.495. The lowest BCUT2D eigenvalue weighted by Crippen LogP contribution is -2.01. The maximum Gasteiger partial charge on any atom is 0.331 e. The molecular weight excluding hydrogens is 120 g/mol. The zero-order chi connectivity index (χ0) is 7.28. The van der Waals surface area contributed by atoms with Crippen molar-refractivity contribution in [2.45, 2.75) is 13.3 Å². The van der Waals surface area contributed by atoms with E-state index in [1.807, 2.05) is 0 Å². The van der Waals surface area contributed by atoms with E-state index in [0.29, 0.717) is 0 Å². The molecule has 0 aromatic carbocycles. The molecule has 0 rings (SSSR count). The van der Waals surface area contributed by atoms with Gasteiger partial charge in [0.15, 0.2) is 0 Å². The van der Waals surface area contributed by atoms with Crippen LogP contribution in [0.4, 0.5) is 0 Å². The zero-order valence-corrected chi connectivity index (χ0v) is 5.29. The molecule has 9 heavy (non-hydrogen) atoms. The van der Waals surface area contributed by atoms with Crippen molar-refractivity contribution in [3.05, 3.63) is 11.6 Å². The molecule has 0 aliphatic carbocycles. The first-order chi connectivity index (χ1) is 4.22. The number of aliphatic hydroxyl groups excluding tert-OH is 1. The molecule has 0 saturated heterocycles. The molecule has 0 spiro atoms. The van der Waals surface area contributed by atoms with Crippen LogP contribution in [0.15, 0.2) is 11.6 Å². The van der Waals surface area contributed by atoms with Gasteiger partial charge in [-0.25, -0.2) is 4.79 Å². The van der Waals surface area contributed by atoms with E-state index in [1.54, 1.807) is 6.92 Å². The Labute approximate surface area is 53.6 Å². The first kappa shape index (κ1) is 8.17. The third-order valence-electron chi connectivity index (χ3n) is 1.00. The van der Waals surface area contributed by atoms with Crippen LogP contribution in [0.5, 0.6) is 0 Å². The van der Waals surface area contributed by atoms with Crippen molar-refractivity contribution in [3.8, 4) is 0 Å². The van der Waals surface area contributed by atoms with Crippen LogP contribution in [0, 0.1) is 0 Å². The number of carboxylic acid groups (broad SMARTS) is 1. The molecule has 52 valence electrons. The maximum atomic E-state index is 10.1. The van der Waals surface area contributed by atoms with Crippen molar-refractivity contribution in [2.75, 3.05) is 6.61 Å². The molecule has 0 amide bonds. The fourth-order valence-corrected chi connectivity index (χ4v) is 0.495. The van der Waals surface area contributed by atoms with Crippen LogP contribution >= 0.6 is 0 Å². The van der Waals surface area contributed by atoms with Crippen molar-refractivity contribution in [3.63, 3.8) is 0 Å². The third kappa shape index (κ3) is 2.87. The Kier molecular flexibility index (Phi) is 3.71. The smallest absolute Gasteiger partial charge is 0.331 e. The number of aliphatic carboxylic acids is 1. The standard InChI is InChI=1S/C6H10O3/c1-2-5(3-4-7)6(8)9/h2,7H,3-4H2,1H3,(H,8,9)/b5-2-. The van der Waals surface area contributed by atoms with Gasteiger partial charge in [-0.2, -0.15) is 0 Å². The van der Waals surface area contributed by atoms with Crippen molar-refractivity contribution in [1.29, 1.82) is 0 Å². The van der Waals surface area contributed by atoms with Gasteiger partial charge in [-0.1, -0.05) is 6.08 Å². The molecule has 0 atom stereocenters. The van der Waals surface area contributed by atoms with Gasteiger partial charge in [0.05, 0.1) is 0 Å². The summed E-state index contributed by atoms with van der Waals surface area (Å²) in [5, 5.41) is 16.6. The van der Waals surface area contributed by atoms with Gasteiger partial charge in [0.25, 0.3) is 0 Å². The maximum absolute atomic E-state index is 10.1. The van der Waals surface area contributed by atoms with Gasteiger partial charge in [0.1, 0.15) is 0 Å². The van der Waals surface area contributed by atoms with Crippen LogP contribution < -0.4 is 0 Å². The molecule has 3 nitrogen and oxygen atoms in total. The minimum atomic E-state index is -0.952. The number of carbonyl (C=O) groups is 1. The van der Waals surface area contributed by atoms with Crippen LogP contribution in [-0.4, -0.2) is 22.8 Å². The normalized spacial score (nSPS) is 11.6. The Hall–Kier alpha value is -0.830. The Balaban J connectivity index is 3.85. The molecule has 0 bridgehead atoms. The molecule has 0 aromatic heterocycles. The van der Waals surface area contributed by atoms with E-state index >= 15 is 0 Å². The van der Waals surface area contributed by atoms with Crippen molar-refractivity contribution in [2.24, 2.45) is 0 Å². The highest BCUT2D eigenvalue weighted by molar-refractivity contribution is 5.86. The number of allylic oxidation sites excluding steroid dienone is 1. The van der Waals surface area contributed by atoms with E-state index < -0.39 is 5.97 Å². The summed E-state index contributed by atoms with van der Waals surface area (Å²) in [6.45, 7) is 1.53. The first-order valence-electron chi connectivity index (χ1n) is 2.71. The first-order valence-corrected chi connectivity index (χ1v) is 2.71. The molecule has 0 heterocycles. The average molecular weight is 130 g/mol. The summed E-state index contributed by atoms with van der Waals surface area (Å²) in [6, 6.07) is 0. The van der Waals surface area contributed by atoms with Crippen molar-refractivity contribution in [1.82, 2.24) is 0 Å². The molecule has 0 unspecified atom stereocenters. The van der Waals surface area contributed by atoms with Crippen LogP contribution in [0.2, 0.25) is 0 Å². The lowest BCUT2D eigenvalue weighted by atomic mass is 10.2. The third-order valence-corrected chi connectivity index (χ3v) is 1.00. The Morgan fingerprint density at radius 3 is 2.33 bits per heavy atom. The Bertz CT molecular complexity index is 126. The van der Waals surface area contributed by atoms with Gasteiger partial charge in [0.2, 0.25) is 0 Å². The quantitative estimate of drug-likeness (QED) is 0.543. The number of carboxylic acids is 1. The molecule has 0 aliphatic rings. The van der Waals surface area contributed by atoms with E-state index in [1.165, 1.54) is 6.08 Å². The lowest BCUT2D eigenvalue weighted by Gasteiger charge is -1.94. The van der Waals surface area contributed by atoms with Crippen molar-refractivity contribution >= 4 is 5.97 Å². The molecule has 0 saturated carbocycles. The van der Waals surface area contributed by atoms with E-state index in [9.17, 15) is 4.79 Å². The van der Waals surface area contributed by atoms with Crippen LogP contribution in [0.1, 0.15) is 13.3 Å². The van der Waals surface area contributed by atoms with Crippen LogP contribution in [-0.2, 0) is 4.79 Å². The SMILES string of the molecule is C/C=C(/CCO)C(=O)O. The zero-order valence-electron chi connectivity index (χ0n) is 5.29. The molecule has 3 heteroatoms. The summed E-state index contributed by atoms with van der Waals surface area (Å²) >= 11 is 0. The second-order valence-corrected chi connectivity index (χ2v) is 1.59. The second kappa shape index (κ2) is 4.09. The van der Waals surface area contributed by atoms with Gasteiger partial charge in [0, 0.05) is 18.6 Å². The minimum Gasteiger partial charge on any atom is -0.478 e. The highest BCUT2D eigenvalue weighted by Gasteiger charge is 2.02. The highest BCUT2D eigenvalue weighted by Crippen LogP contribution is 1.98. The van der Waals surface area contributed by atoms with E-state index in [4.69, 9.17) is 10.2 Å². The highest BCUT2D eigenvalue weighted by atomic mass is 16.4. The summed E-state index contributed by atoms with van der Waals surface area (Å²) in [7, 11) is 0. The van der Waals surface area contributed by atoms with Gasteiger partial charge in [-0.05, 0) is 6.92 Å². The summed E-state index contributed by atoms with van der Waals surface area (Å²) in [4.78, 5) is 10.1. The average Bonchev–Trinajstić information content (AvgIpc) is 1.82. The van der Waals surface area contributed by atoms with Crippen molar-refractivity contribution < 1.29 is 15.0 Å². The molecular formula is C6H10O3. The summed E-state index contributed by atoms with van der Waals surface area (Å²) in [5.41, 5.74) is 0.262. The van der Waals surface area contributed by atoms with Gasteiger partial charge in [-0.3, -0.25) is 0 Å². The predicted octanol–water partition coefficient (Wildman–Crippen LogP) is 0.400. The van der Waals surface area contributed by atoms with E-state index in [-0.39, 0.29) is 18.6 Å². The Morgan fingerprint density at radius 1 is 1.67 bits per heavy atom. The van der Waals surface area contributed by atoms with Gasteiger partial charge >= 0.3 is 5.97 Å². The number of aliphatic hydroxyl groups is 1. The topological polar surface area (TPSA) is 57.5 Å². The van der Waals surface area contributed by atoms with E-state index in [0.717, 1.165) is 0 Å². The molecule has 0 aliphatic heterocycles. The summed E-state index contributed by atoms with van der Waals surface area (Å²) in [5.74, 6) is -0.952. The number of rotatable bonds is 3. The largest absolute Gasteiger partial charge is 0.478 e. The van der Waals surface area contributed by atoms with E-state index in [2.05, 4.69) is 0 Å². The molecule has 0 radical (unpaired) electrons.